The van der Waals surface area contributed by atoms with Crippen molar-refractivity contribution < 1.29 is 14.3 Å². The lowest BCUT2D eigenvalue weighted by atomic mass is 10.2. The van der Waals surface area contributed by atoms with Gasteiger partial charge in [-0.2, -0.15) is 0 Å². The normalized spacial score (nSPS) is 27.9. The molecular weight excluding hydrogens is 206 g/mol. The molecule has 1 aliphatic heterocycles. The van der Waals surface area contributed by atoms with Gasteiger partial charge in [0.25, 0.3) is 0 Å². The Hall–Kier alpha value is -0.480. The minimum atomic E-state index is -0.781. The molecular formula is C9H16ClNO3. The topological polar surface area (TPSA) is 38.8 Å². The van der Waals surface area contributed by atoms with Gasteiger partial charge in [-0.25, -0.2) is 4.79 Å². The maximum atomic E-state index is 11.5. The highest BCUT2D eigenvalue weighted by Gasteiger charge is 2.37. The standard InChI is InChI=1S/C9H16ClNO3/c1-8(2,3)14-7(12)11-5-9(4,10)13-6-11/h5-6H2,1-4H3. The first-order valence-corrected chi connectivity index (χ1v) is 4.88. The van der Waals surface area contributed by atoms with Crippen LogP contribution in [-0.4, -0.2) is 34.9 Å². The average molecular weight is 222 g/mol. The Bertz CT molecular complexity index is 235. The van der Waals surface area contributed by atoms with E-state index >= 15 is 0 Å². The van der Waals surface area contributed by atoms with Crippen LogP contribution < -0.4 is 0 Å². The van der Waals surface area contributed by atoms with Crippen molar-refractivity contribution in [1.29, 1.82) is 0 Å². The molecule has 0 bridgehead atoms. The first kappa shape index (κ1) is 11.6. The fourth-order valence-electron chi connectivity index (χ4n) is 1.09. The number of carbonyl (C=O) groups excluding carboxylic acids is 1. The fraction of sp³-hybridized carbons (Fsp3) is 0.889. The van der Waals surface area contributed by atoms with Crippen LogP contribution in [0.1, 0.15) is 27.7 Å². The minimum absolute atomic E-state index is 0.189. The second-order valence-electron chi connectivity index (χ2n) is 4.55. The van der Waals surface area contributed by atoms with E-state index in [9.17, 15) is 4.79 Å². The quantitative estimate of drug-likeness (QED) is 0.589. The van der Waals surface area contributed by atoms with Gasteiger partial charge in [0.15, 0.2) is 5.06 Å². The number of rotatable bonds is 0. The van der Waals surface area contributed by atoms with E-state index in [1.165, 1.54) is 4.90 Å². The van der Waals surface area contributed by atoms with Gasteiger partial charge in [-0.15, -0.1) is 0 Å². The molecule has 1 amide bonds. The van der Waals surface area contributed by atoms with Crippen LogP contribution in [0.5, 0.6) is 0 Å². The van der Waals surface area contributed by atoms with Crippen molar-refractivity contribution in [2.45, 2.75) is 38.4 Å². The number of halogens is 1. The lowest BCUT2D eigenvalue weighted by Gasteiger charge is -2.23. The van der Waals surface area contributed by atoms with Gasteiger partial charge in [-0.3, -0.25) is 4.90 Å². The van der Waals surface area contributed by atoms with E-state index < -0.39 is 10.7 Å². The highest BCUT2D eigenvalue weighted by molar-refractivity contribution is 6.23. The van der Waals surface area contributed by atoms with Crippen molar-refractivity contribution in [2.24, 2.45) is 0 Å². The van der Waals surface area contributed by atoms with E-state index in [-0.39, 0.29) is 12.8 Å². The summed E-state index contributed by atoms with van der Waals surface area (Å²) in [4.78, 5) is 13.0. The summed E-state index contributed by atoms with van der Waals surface area (Å²) in [7, 11) is 0. The van der Waals surface area contributed by atoms with Crippen LogP contribution >= 0.6 is 11.6 Å². The molecule has 0 aliphatic carbocycles. The second-order valence-corrected chi connectivity index (χ2v) is 5.35. The zero-order valence-electron chi connectivity index (χ0n) is 8.96. The van der Waals surface area contributed by atoms with Gasteiger partial charge in [-0.05, 0) is 27.7 Å². The lowest BCUT2D eigenvalue weighted by molar-refractivity contribution is 0.0175. The molecule has 0 aromatic carbocycles. The number of nitrogens with zero attached hydrogens (tertiary/aromatic N) is 1. The molecule has 1 rings (SSSR count). The number of hydrogen-bond donors (Lipinski definition) is 0. The third-order valence-electron chi connectivity index (χ3n) is 1.65. The molecule has 1 aliphatic rings. The molecule has 1 fully saturated rings. The number of alkyl halides is 1. The minimum Gasteiger partial charge on any atom is -0.444 e. The highest BCUT2D eigenvalue weighted by Crippen LogP contribution is 2.25. The summed E-state index contributed by atoms with van der Waals surface area (Å²) < 4.78 is 10.3. The summed E-state index contributed by atoms with van der Waals surface area (Å²) in [6.45, 7) is 7.72. The summed E-state index contributed by atoms with van der Waals surface area (Å²) in [5.74, 6) is 0. The molecule has 0 saturated carbocycles. The zero-order valence-corrected chi connectivity index (χ0v) is 9.72. The van der Waals surface area contributed by atoms with Crippen LogP contribution in [-0.2, 0) is 9.47 Å². The Morgan fingerprint density at radius 3 is 2.50 bits per heavy atom. The Kier molecular flexibility index (Phi) is 2.97. The van der Waals surface area contributed by atoms with E-state index in [4.69, 9.17) is 21.1 Å². The third kappa shape index (κ3) is 3.35. The van der Waals surface area contributed by atoms with E-state index in [2.05, 4.69) is 0 Å². The van der Waals surface area contributed by atoms with Crippen molar-refractivity contribution in [2.75, 3.05) is 13.3 Å². The van der Waals surface area contributed by atoms with Crippen LogP contribution in [0, 0.1) is 0 Å². The summed E-state index contributed by atoms with van der Waals surface area (Å²) in [5.41, 5.74) is -0.484. The summed E-state index contributed by atoms with van der Waals surface area (Å²) in [6.07, 6.45) is -0.387. The number of carbonyl (C=O) groups is 1. The number of ether oxygens (including phenoxy) is 2. The zero-order chi connectivity index (χ0) is 11.0. The second kappa shape index (κ2) is 3.59. The summed E-state index contributed by atoms with van der Waals surface area (Å²) in [6, 6.07) is 0. The molecule has 0 aromatic rings. The van der Waals surface area contributed by atoms with E-state index in [1.54, 1.807) is 6.92 Å². The monoisotopic (exact) mass is 221 g/mol. The van der Waals surface area contributed by atoms with Gasteiger partial charge in [-0.1, -0.05) is 11.6 Å². The molecule has 4 nitrogen and oxygen atoms in total. The average Bonchev–Trinajstić information content (AvgIpc) is 2.26. The van der Waals surface area contributed by atoms with Crippen molar-refractivity contribution in [1.82, 2.24) is 4.90 Å². The Labute approximate surface area is 89.1 Å². The van der Waals surface area contributed by atoms with Gasteiger partial charge in [0, 0.05) is 0 Å². The molecule has 82 valence electrons. The van der Waals surface area contributed by atoms with Gasteiger partial charge in [0.2, 0.25) is 0 Å². The maximum absolute atomic E-state index is 11.5. The lowest BCUT2D eigenvalue weighted by Crippen LogP contribution is -2.36. The Morgan fingerprint density at radius 2 is 2.14 bits per heavy atom. The van der Waals surface area contributed by atoms with Gasteiger partial charge < -0.3 is 9.47 Å². The van der Waals surface area contributed by atoms with Crippen LogP contribution in [0.25, 0.3) is 0 Å². The first-order valence-electron chi connectivity index (χ1n) is 4.50. The van der Waals surface area contributed by atoms with Crippen LogP contribution in [0.4, 0.5) is 4.79 Å². The van der Waals surface area contributed by atoms with Crippen LogP contribution in [0.15, 0.2) is 0 Å². The largest absolute Gasteiger partial charge is 0.444 e. The fourth-order valence-corrected chi connectivity index (χ4v) is 1.28. The Balaban J connectivity index is 2.48. The van der Waals surface area contributed by atoms with Gasteiger partial charge in [0.1, 0.15) is 12.3 Å². The SMILES string of the molecule is CC(C)(C)OC(=O)N1COC(C)(Cl)C1. The molecule has 1 unspecified atom stereocenters. The van der Waals surface area contributed by atoms with Gasteiger partial charge in [0.05, 0.1) is 6.54 Å². The smallest absolute Gasteiger partial charge is 0.412 e. The van der Waals surface area contributed by atoms with Crippen LogP contribution in [0.2, 0.25) is 0 Å². The first-order chi connectivity index (χ1) is 6.20. The van der Waals surface area contributed by atoms with E-state index in [1.807, 2.05) is 20.8 Å². The van der Waals surface area contributed by atoms with Gasteiger partial charge >= 0.3 is 6.09 Å². The summed E-state index contributed by atoms with van der Waals surface area (Å²) in [5, 5.41) is -0.781. The van der Waals surface area contributed by atoms with E-state index in [0.29, 0.717) is 6.54 Å². The van der Waals surface area contributed by atoms with E-state index in [0.717, 1.165) is 0 Å². The van der Waals surface area contributed by atoms with Crippen molar-refractivity contribution in [3.05, 3.63) is 0 Å². The molecule has 0 aromatic heterocycles. The number of hydrogen-bond acceptors (Lipinski definition) is 3. The number of amides is 1. The highest BCUT2D eigenvalue weighted by atomic mass is 35.5. The summed E-state index contributed by atoms with van der Waals surface area (Å²) >= 11 is 5.91. The molecule has 0 spiro atoms. The van der Waals surface area contributed by atoms with Crippen LogP contribution in [0.3, 0.4) is 0 Å². The molecule has 5 heteroatoms. The maximum Gasteiger partial charge on any atom is 0.412 e. The molecule has 1 atom stereocenters. The molecule has 0 radical (unpaired) electrons. The molecule has 1 saturated heterocycles. The van der Waals surface area contributed by atoms with Crippen molar-refractivity contribution in [3.63, 3.8) is 0 Å². The third-order valence-corrected chi connectivity index (χ3v) is 1.87. The predicted octanol–water partition coefficient (Wildman–Crippen LogP) is 2.17. The Morgan fingerprint density at radius 1 is 1.57 bits per heavy atom. The predicted molar refractivity (Wildman–Crippen MR) is 53.2 cm³/mol. The molecule has 14 heavy (non-hydrogen) atoms. The molecule has 1 heterocycles. The van der Waals surface area contributed by atoms with Crippen molar-refractivity contribution in [3.8, 4) is 0 Å². The van der Waals surface area contributed by atoms with Crippen molar-refractivity contribution >= 4 is 17.7 Å². The molecule has 0 N–H and O–H groups in total.